The van der Waals surface area contributed by atoms with Crippen LogP contribution >= 0.6 is 0 Å². The zero-order valence-corrected chi connectivity index (χ0v) is 7.33. The Morgan fingerprint density at radius 1 is 1.58 bits per heavy atom. The second-order valence-electron chi connectivity index (χ2n) is 2.58. The van der Waals surface area contributed by atoms with E-state index in [-0.39, 0.29) is 0 Å². The van der Waals surface area contributed by atoms with Crippen LogP contribution in [-0.2, 0) is 0 Å². The molecule has 0 saturated heterocycles. The minimum Gasteiger partial charge on any atom is -0.282 e. The third-order valence-corrected chi connectivity index (χ3v) is 1.65. The Morgan fingerprint density at radius 3 is 2.92 bits per heavy atom. The molecule has 0 bridgehead atoms. The quantitative estimate of drug-likeness (QED) is 0.612. The summed E-state index contributed by atoms with van der Waals surface area (Å²) in [6.07, 6.45) is 9.33. The number of aliphatic imine (C=N–C) groups is 1. The van der Waals surface area contributed by atoms with Crippen LogP contribution in [0.1, 0.15) is 13.8 Å². The maximum atomic E-state index is 7.51. The summed E-state index contributed by atoms with van der Waals surface area (Å²) < 4.78 is 0. The highest BCUT2D eigenvalue weighted by Crippen LogP contribution is 2.11. The summed E-state index contributed by atoms with van der Waals surface area (Å²) in [6, 6.07) is 0. The number of hydrogen-bond donors (Lipinski definition) is 1. The summed E-state index contributed by atoms with van der Waals surface area (Å²) in [5.41, 5.74) is 1.98. The molecule has 0 atom stereocenters. The van der Waals surface area contributed by atoms with Crippen molar-refractivity contribution in [1.29, 1.82) is 5.41 Å². The Labute approximate surface area is 72.5 Å². The fourth-order valence-corrected chi connectivity index (χ4v) is 1.06. The van der Waals surface area contributed by atoms with Crippen molar-refractivity contribution in [2.24, 2.45) is 4.99 Å². The average molecular weight is 160 g/mol. The SMILES string of the molecule is C/C=C\C(C)=C1\C=CC=NC1=N. The van der Waals surface area contributed by atoms with Gasteiger partial charge in [0.2, 0.25) is 0 Å². The van der Waals surface area contributed by atoms with E-state index in [9.17, 15) is 0 Å². The number of hydrogen-bond acceptors (Lipinski definition) is 1. The minimum absolute atomic E-state index is 0.341. The summed E-state index contributed by atoms with van der Waals surface area (Å²) in [7, 11) is 0. The van der Waals surface area contributed by atoms with Gasteiger partial charge < -0.3 is 0 Å². The first-order valence-electron chi connectivity index (χ1n) is 3.89. The molecule has 0 aromatic carbocycles. The smallest absolute Gasteiger partial charge is 0.151 e. The zero-order chi connectivity index (χ0) is 8.97. The lowest BCUT2D eigenvalue weighted by Crippen LogP contribution is -2.01. The van der Waals surface area contributed by atoms with Gasteiger partial charge in [0.15, 0.2) is 5.84 Å². The molecule has 0 saturated carbocycles. The predicted octanol–water partition coefficient (Wildman–Crippen LogP) is 2.50. The first kappa shape index (κ1) is 8.65. The Morgan fingerprint density at radius 2 is 2.33 bits per heavy atom. The number of nitrogens with one attached hydrogen (secondary N) is 1. The van der Waals surface area contributed by atoms with Crippen LogP contribution in [0, 0.1) is 5.41 Å². The summed E-state index contributed by atoms with van der Waals surface area (Å²) in [6.45, 7) is 3.94. The van der Waals surface area contributed by atoms with Crippen LogP contribution < -0.4 is 0 Å². The van der Waals surface area contributed by atoms with Crippen molar-refractivity contribution in [3.63, 3.8) is 0 Å². The molecule has 0 spiro atoms. The third-order valence-electron chi connectivity index (χ3n) is 1.65. The highest BCUT2D eigenvalue weighted by atomic mass is 14.8. The maximum absolute atomic E-state index is 7.51. The predicted molar refractivity (Wildman–Crippen MR) is 52.9 cm³/mol. The molecule has 0 radical (unpaired) electrons. The van der Waals surface area contributed by atoms with Crippen molar-refractivity contribution in [1.82, 2.24) is 0 Å². The summed E-state index contributed by atoms with van der Waals surface area (Å²) in [5.74, 6) is 0.341. The fourth-order valence-electron chi connectivity index (χ4n) is 1.06. The minimum atomic E-state index is 0.341. The molecule has 2 heteroatoms. The van der Waals surface area contributed by atoms with Gasteiger partial charge in [-0.2, -0.15) is 0 Å². The average Bonchev–Trinajstić information content (AvgIpc) is 2.05. The van der Waals surface area contributed by atoms with E-state index in [0.29, 0.717) is 5.84 Å². The van der Waals surface area contributed by atoms with Gasteiger partial charge in [0.1, 0.15) is 0 Å². The highest BCUT2D eigenvalue weighted by Gasteiger charge is 2.04. The van der Waals surface area contributed by atoms with Crippen molar-refractivity contribution in [3.8, 4) is 0 Å². The van der Waals surface area contributed by atoms with Crippen LogP contribution in [0.4, 0.5) is 0 Å². The van der Waals surface area contributed by atoms with Crippen molar-refractivity contribution < 1.29 is 0 Å². The second-order valence-corrected chi connectivity index (χ2v) is 2.58. The topological polar surface area (TPSA) is 36.2 Å². The van der Waals surface area contributed by atoms with Gasteiger partial charge in [-0.1, -0.05) is 12.2 Å². The first-order valence-corrected chi connectivity index (χ1v) is 3.89. The van der Waals surface area contributed by atoms with E-state index in [2.05, 4.69) is 4.99 Å². The lowest BCUT2D eigenvalue weighted by Gasteiger charge is -2.05. The summed E-state index contributed by atoms with van der Waals surface area (Å²) >= 11 is 0. The number of amidine groups is 1. The lowest BCUT2D eigenvalue weighted by molar-refractivity contribution is 1.37. The molecular weight excluding hydrogens is 148 g/mol. The molecular formula is C10H12N2. The lowest BCUT2D eigenvalue weighted by atomic mass is 10.1. The maximum Gasteiger partial charge on any atom is 0.151 e. The number of rotatable bonds is 1. The molecule has 1 aliphatic rings. The molecule has 0 aliphatic carbocycles. The van der Waals surface area contributed by atoms with Gasteiger partial charge >= 0.3 is 0 Å². The number of dihydropyridines is 1. The Balaban J connectivity index is 3.02. The molecule has 0 fully saturated rings. The van der Waals surface area contributed by atoms with E-state index >= 15 is 0 Å². The van der Waals surface area contributed by atoms with Crippen LogP contribution in [0.25, 0.3) is 0 Å². The van der Waals surface area contributed by atoms with Gasteiger partial charge in [-0.3, -0.25) is 5.41 Å². The van der Waals surface area contributed by atoms with Crippen LogP contribution in [0.2, 0.25) is 0 Å². The molecule has 1 N–H and O–H groups in total. The van der Waals surface area contributed by atoms with Crippen LogP contribution in [0.3, 0.4) is 0 Å². The number of allylic oxidation sites excluding steroid dienone is 4. The summed E-state index contributed by atoms with van der Waals surface area (Å²) in [4.78, 5) is 3.89. The summed E-state index contributed by atoms with van der Waals surface area (Å²) in [5, 5.41) is 7.51. The van der Waals surface area contributed by atoms with Crippen molar-refractivity contribution in [2.45, 2.75) is 13.8 Å². The van der Waals surface area contributed by atoms with Gasteiger partial charge in [0.25, 0.3) is 0 Å². The second kappa shape index (κ2) is 3.81. The van der Waals surface area contributed by atoms with Gasteiger partial charge in [-0.05, 0) is 31.6 Å². The van der Waals surface area contributed by atoms with Crippen LogP contribution in [0.5, 0.6) is 0 Å². The van der Waals surface area contributed by atoms with E-state index in [0.717, 1.165) is 11.1 Å². The molecule has 2 nitrogen and oxygen atoms in total. The molecule has 0 amide bonds. The van der Waals surface area contributed by atoms with Crippen LogP contribution in [0.15, 0.2) is 40.4 Å². The van der Waals surface area contributed by atoms with Crippen LogP contribution in [-0.4, -0.2) is 12.1 Å². The van der Waals surface area contributed by atoms with E-state index in [1.165, 1.54) is 0 Å². The Bertz CT molecular complexity index is 304. The van der Waals surface area contributed by atoms with Gasteiger partial charge in [-0.15, -0.1) is 0 Å². The zero-order valence-electron chi connectivity index (χ0n) is 7.33. The highest BCUT2D eigenvalue weighted by molar-refractivity contribution is 6.07. The molecule has 0 aromatic heterocycles. The van der Waals surface area contributed by atoms with Crippen molar-refractivity contribution >= 4 is 12.1 Å². The van der Waals surface area contributed by atoms with Gasteiger partial charge in [0.05, 0.1) is 0 Å². The Hall–Kier alpha value is -1.44. The first-order chi connectivity index (χ1) is 5.75. The largest absolute Gasteiger partial charge is 0.282 e. The van der Waals surface area contributed by atoms with E-state index in [4.69, 9.17) is 5.41 Å². The molecule has 1 rings (SSSR count). The van der Waals surface area contributed by atoms with Crippen molar-refractivity contribution in [2.75, 3.05) is 0 Å². The third kappa shape index (κ3) is 1.78. The molecule has 1 heterocycles. The molecule has 12 heavy (non-hydrogen) atoms. The molecule has 1 aliphatic heterocycles. The van der Waals surface area contributed by atoms with E-state index < -0.39 is 0 Å². The monoisotopic (exact) mass is 160 g/mol. The molecule has 62 valence electrons. The fraction of sp³-hybridized carbons (Fsp3) is 0.200. The van der Waals surface area contributed by atoms with Crippen molar-refractivity contribution in [3.05, 3.63) is 35.5 Å². The normalized spacial score (nSPS) is 20.7. The molecule has 0 aromatic rings. The van der Waals surface area contributed by atoms with E-state index in [1.54, 1.807) is 6.21 Å². The Kier molecular flexibility index (Phi) is 2.75. The van der Waals surface area contributed by atoms with Gasteiger partial charge in [0, 0.05) is 11.8 Å². The van der Waals surface area contributed by atoms with E-state index in [1.807, 2.05) is 38.2 Å². The standard InChI is InChI=1S/C10H12N2/c1-3-5-8(2)9-6-4-7-12-10(9)11/h3-7,11H,1-2H3/b5-3-,9-8-,11-10?. The molecule has 0 unspecified atom stereocenters. The van der Waals surface area contributed by atoms with Gasteiger partial charge in [-0.25, -0.2) is 4.99 Å². The number of nitrogens with zero attached hydrogens (tertiary/aromatic N) is 1.